The number of rotatable bonds is 6. The van der Waals surface area contributed by atoms with Crippen molar-refractivity contribution in [1.29, 1.82) is 0 Å². The first kappa shape index (κ1) is 20.8. The number of hydrogen-bond donors (Lipinski definition) is 1. The summed E-state index contributed by atoms with van der Waals surface area (Å²) in [5, 5.41) is 11.6. The summed E-state index contributed by atoms with van der Waals surface area (Å²) in [6.07, 6.45) is 1.74. The smallest absolute Gasteiger partial charge is 0.274 e. The first-order chi connectivity index (χ1) is 16.1. The van der Waals surface area contributed by atoms with Gasteiger partial charge in [0.1, 0.15) is 5.69 Å². The highest BCUT2D eigenvalue weighted by atomic mass is 32.2. The van der Waals surface area contributed by atoms with Crippen LogP contribution in [0.5, 0.6) is 11.5 Å². The third-order valence-corrected chi connectivity index (χ3v) is 5.97. The highest BCUT2D eigenvalue weighted by Crippen LogP contribution is 2.37. The Bertz CT molecular complexity index is 1330. The molecule has 0 saturated heterocycles. The van der Waals surface area contributed by atoms with Crippen LogP contribution in [0.3, 0.4) is 0 Å². The second-order valence-electron chi connectivity index (χ2n) is 7.22. The van der Waals surface area contributed by atoms with E-state index in [-0.39, 0.29) is 12.5 Å². The van der Waals surface area contributed by atoms with E-state index in [0.717, 1.165) is 11.3 Å². The number of carbonyl (C=O) groups is 2. The first-order valence-corrected chi connectivity index (χ1v) is 11.1. The fourth-order valence-corrected chi connectivity index (χ4v) is 4.20. The Kier molecular flexibility index (Phi) is 5.57. The number of aromatic nitrogens is 4. The van der Waals surface area contributed by atoms with E-state index >= 15 is 0 Å². The van der Waals surface area contributed by atoms with Crippen LogP contribution in [0.4, 0.5) is 0 Å². The molecule has 166 valence electrons. The molecule has 0 bridgehead atoms. The van der Waals surface area contributed by atoms with Crippen molar-refractivity contribution >= 4 is 23.6 Å². The fraction of sp³-hybridized carbons (Fsp3) is 0.130. The topological polar surface area (TPSA) is 100 Å². The van der Waals surface area contributed by atoms with Crippen LogP contribution in [-0.2, 0) is 11.8 Å². The van der Waals surface area contributed by atoms with Gasteiger partial charge in [-0.1, -0.05) is 30.0 Å². The van der Waals surface area contributed by atoms with Crippen LogP contribution in [0.25, 0.3) is 17.1 Å². The lowest BCUT2D eigenvalue weighted by molar-refractivity contribution is -0.117. The molecule has 10 heteroatoms. The molecular formula is C23H19N5O4S. The van der Waals surface area contributed by atoms with Crippen LogP contribution in [0.1, 0.15) is 10.5 Å². The Morgan fingerprint density at radius 1 is 1.03 bits per heavy atom. The first-order valence-electron chi connectivity index (χ1n) is 10.1. The van der Waals surface area contributed by atoms with Crippen LogP contribution < -0.4 is 14.8 Å². The normalized spacial score (nSPS) is 12.0. The van der Waals surface area contributed by atoms with E-state index in [4.69, 9.17) is 9.47 Å². The molecule has 0 spiro atoms. The van der Waals surface area contributed by atoms with E-state index in [1.807, 2.05) is 53.1 Å². The number of carbonyl (C=O) groups excluding carboxylic acids is 2. The summed E-state index contributed by atoms with van der Waals surface area (Å²) in [6.45, 7) is 0.182. The molecule has 0 atom stereocenters. The average molecular weight is 462 g/mol. The molecule has 1 N–H and O–H groups in total. The van der Waals surface area contributed by atoms with Crippen molar-refractivity contribution in [1.82, 2.24) is 24.6 Å². The zero-order chi connectivity index (χ0) is 22.8. The number of fused-ring (bicyclic) bond motifs is 1. The van der Waals surface area contributed by atoms with Gasteiger partial charge >= 0.3 is 0 Å². The van der Waals surface area contributed by atoms with Gasteiger partial charge in [0, 0.05) is 24.5 Å². The van der Waals surface area contributed by atoms with Crippen molar-refractivity contribution in [3.63, 3.8) is 0 Å². The van der Waals surface area contributed by atoms with E-state index in [1.54, 1.807) is 29.9 Å². The number of thioether (sulfide) groups is 1. The zero-order valence-electron chi connectivity index (χ0n) is 17.6. The summed E-state index contributed by atoms with van der Waals surface area (Å²) in [7, 11) is 1.74. The Balaban J connectivity index is 1.39. The van der Waals surface area contributed by atoms with Gasteiger partial charge in [-0.15, -0.1) is 10.2 Å². The number of imide groups is 1. The zero-order valence-corrected chi connectivity index (χ0v) is 18.4. The molecule has 9 nitrogen and oxygen atoms in total. The summed E-state index contributed by atoms with van der Waals surface area (Å²) in [5.74, 6) is 1.06. The molecule has 33 heavy (non-hydrogen) atoms. The highest BCUT2D eigenvalue weighted by Gasteiger charge is 2.21. The van der Waals surface area contributed by atoms with Gasteiger partial charge in [0.15, 0.2) is 22.5 Å². The molecule has 0 fully saturated rings. The van der Waals surface area contributed by atoms with Gasteiger partial charge in [-0.2, -0.15) is 0 Å². The van der Waals surface area contributed by atoms with Gasteiger partial charge < -0.3 is 14.0 Å². The van der Waals surface area contributed by atoms with Crippen LogP contribution >= 0.6 is 11.8 Å². The number of hydrogen-bond acceptors (Lipinski definition) is 7. The van der Waals surface area contributed by atoms with Crippen LogP contribution in [0.2, 0.25) is 0 Å². The van der Waals surface area contributed by atoms with E-state index in [0.29, 0.717) is 28.2 Å². The lowest BCUT2D eigenvalue weighted by atomic mass is 10.2. The van der Waals surface area contributed by atoms with Crippen molar-refractivity contribution in [2.75, 3.05) is 12.5 Å². The standard InChI is InChI=1S/C23H19N5O4S/c1-27-11-5-8-17(27)22(30)24-20(29)13-33-23-26-25-21(28(23)16-6-3-2-4-7-16)15-9-10-18-19(12-15)32-14-31-18/h2-12H,13-14H2,1H3,(H,24,29,30). The minimum Gasteiger partial charge on any atom is -0.454 e. The van der Waals surface area contributed by atoms with Gasteiger partial charge in [0.25, 0.3) is 5.91 Å². The molecule has 0 aliphatic carbocycles. The average Bonchev–Trinajstić information content (AvgIpc) is 3.57. The van der Waals surface area contributed by atoms with Gasteiger partial charge in [-0.3, -0.25) is 19.5 Å². The molecule has 2 amide bonds. The van der Waals surface area contributed by atoms with Crippen molar-refractivity contribution in [3.05, 3.63) is 72.6 Å². The number of amides is 2. The summed E-state index contributed by atoms with van der Waals surface area (Å²) < 4.78 is 14.4. The summed E-state index contributed by atoms with van der Waals surface area (Å²) in [5.41, 5.74) is 2.05. The van der Waals surface area contributed by atoms with E-state index < -0.39 is 11.8 Å². The number of para-hydroxylation sites is 1. The van der Waals surface area contributed by atoms with Gasteiger partial charge in [0.2, 0.25) is 12.7 Å². The monoisotopic (exact) mass is 461 g/mol. The summed E-state index contributed by atoms with van der Waals surface area (Å²) >= 11 is 1.20. The predicted molar refractivity (Wildman–Crippen MR) is 122 cm³/mol. The van der Waals surface area contributed by atoms with Gasteiger partial charge in [-0.25, -0.2) is 0 Å². The van der Waals surface area contributed by atoms with Crippen molar-refractivity contribution in [2.24, 2.45) is 7.05 Å². The van der Waals surface area contributed by atoms with E-state index in [9.17, 15) is 9.59 Å². The molecule has 0 radical (unpaired) electrons. The van der Waals surface area contributed by atoms with E-state index in [1.165, 1.54) is 11.8 Å². The van der Waals surface area contributed by atoms with Gasteiger partial charge in [0.05, 0.1) is 5.75 Å². The van der Waals surface area contributed by atoms with Gasteiger partial charge in [-0.05, 0) is 42.5 Å². The number of benzene rings is 2. The second-order valence-corrected chi connectivity index (χ2v) is 8.16. The number of aryl methyl sites for hydroxylation is 1. The molecule has 2 aromatic heterocycles. The highest BCUT2D eigenvalue weighted by molar-refractivity contribution is 7.99. The largest absolute Gasteiger partial charge is 0.454 e. The third-order valence-electron chi connectivity index (χ3n) is 5.04. The van der Waals surface area contributed by atoms with Crippen molar-refractivity contribution < 1.29 is 19.1 Å². The maximum Gasteiger partial charge on any atom is 0.274 e. The molecule has 3 heterocycles. The van der Waals surface area contributed by atoms with Crippen LogP contribution in [0.15, 0.2) is 72.0 Å². The second kappa shape index (κ2) is 8.83. The molecule has 1 aliphatic heterocycles. The minimum absolute atomic E-state index is 0.00225. The third kappa shape index (κ3) is 4.20. The van der Waals surface area contributed by atoms with Crippen LogP contribution in [-0.4, -0.2) is 43.7 Å². The molecular weight excluding hydrogens is 442 g/mol. The predicted octanol–water partition coefficient (Wildman–Crippen LogP) is 3.05. The van der Waals surface area contributed by atoms with Crippen molar-refractivity contribution in [3.8, 4) is 28.6 Å². The molecule has 2 aromatic carbocycles. The Labute approximate surface area is 193 Å². The van der Waals surface area contributed by atoms with Crippen LogP contribution in [0, 0.1) is 0 Å². The Morgan fingerprint density at radius 2 is 1.85 bits per heavy atom. The quantitative estimate of drug-likeness (QED) is 0.441. The maximum absolute atomic E-state index is 12.4. The molecule has 5 rings (SSSR count). The molecule has 0 saturated carbocycles. The van der Waals surface area contributed by atoms with Crippen molar-refractivity contribution in [2.45, 2.75) is 5.16 Å². The lowest BCUT2D eigenvalue weighted by Crippen LogP contribution is -2.33. The number of nitrogens with zero attached hydrogens (tertiary/aromatic N) is 4. The minimum atomic E-state index is -0.446. The molecule has 0 unspecified atom stereocenters. The lowest BCUT2D eigenvalue weighted by Gasteiger charge is -2.11. The molecule has 1 aliphatic rings. The summed E-state index contributed by atoms with van der Waals surface area (Å²) in [4.78, 5) is 24.7. The SMILES string of the molecule is Cn1cccc1C(=O)NC(=O)CSc1nnc(-c2ccc3c(c2)OCO3)n1-c1ccccc1. The number of nitrogens with one attached hydrogen (secondary N) is 1. The van der Waals surface area contributed by atoms with E-state index in [2.05, 4.69) is 15.5 Å². The maximum atomic E-state index is 12.4. The Morgan fingerprint density at radius 3 is 2.64 bits per heavy atom. The Hall–Kier alpha value is -4.05. The fourth-order valence-electron chi connectivity index (χ4n) is 3.45. The molecule has 4 aromatic rings. The summed E-state index contributed by atoms with van der Waals surface area (Å²) in [6, 6.07) is 18.6. The number of ether oxygens (including phenoxy) is 2.